The molecule has 0 aromatic carbocycles. The van der Waals surface area contributed by atoms with E-state index in [9.17, 15) is 0 Å². The zero-order valence-electron chi connectivity index (χ0n) is 14.1. The quantitative estimate of drug-likeness (QED) is 0.874. The Labute approximate surface area is 146 Å². The van der Waals surface area contributed by atoms with Crippen molar-refractivity contribution in [2.45, 2.75) is 25.3 Å². The fraction of sp³-hybridized carbons (Fsp3) is 0.688. The first-order valence-electron chi connectivity index (χ1n) is 8.65. The monoisotopic (exact) mass is 348 g/mol. The summed E-state index contributed by atoms with van der Waals surface area (Å²) in [6.07, 6.45) is 3.68. The zero-order chi connectivity index (χ0) is 16.4. The van der Waals surface area contributed by atoms with E-state index in [-0.39, 0.29) is 5.54 Å². The maximum absolute atomic E-state index is 5.55. The Hall–Kier alpha value is -1.38. The summed E-state index contributed by atoms with van der Waals surface area (Å²) in [5.41, 5.74) is 1.25. The minimum Gasteiger partial charge on any atom is -0.379 e. The maximum atomic E-state index is 5.55. The molecule has 0 saturated carbocycles. The molecule has 4 heterocycles. The Balaban J connectivity index is 1.57. The molecule has 0 aliphatic carbocycles. The highest BCUT2D eigenvalue weighted by molar-refractivity contribution is 7.99. The van der Waals surface area contributed by atoms with Gasteiger partial charge < -0.3 is 10.1 Å². The summed E-state index contributed by atoms with van der Waals surface area (Å²) in [5.74, 6) is 4.05. The number of nitrogens with zero attached hydrogens (tertiary/aromatic N) is 5. The van der Waals surface area contributed by atoms with Crippen LogP contribution in [0.15, 0.2) is 12.4 Å². The summed E-state index contributed by atoms with van der Waals surface area (Å²) in [6, 6.07) is 2.09. The van der Waals surface area contributed by atoms with Gasteiger partial charge >= 0.3 is 0 Å². The minimum atomic E-state index is 0.205. The molecule has 0 radical (unpaired) electrons. The van der Waals surface area contributed by atoms with Crippen LogP contribution >= 0.6 is 11.8 Å². The molecule has 1 atom stereocenters. The summed E-state index contributed by atoms with van der Waals surface area (Å²) >= 11 is 2.05. The number of morpholine rings is 1. The number of thioether (sulfide) groups is 1. The zero-order valence-corrected chi connectivity index (χ0v) is 14.9. The average molecular weight is 348 g/mol. The van der Waals surface area contributed by atoms with Crippen LogP contribution in [0.4, 0.5) is 5.82 Å². The molecule has 2 aromatic rings. The molecule has 0 amide bonds. The number of ether oxygens (including phenoxy) is 1. The molecule has 1 N–H and O–H groups in total. The maximum Gasteiger partial charge on any atom is 0.254 e. The number of anilines is 1. The molecule has 2 fully saturated rings. The van der Waals surface area contributed by atoms with Gasteiger partial charge in [-0.2, -0.15) is 26.4 Å². The lowest BCUT2D eigenvalue weighted by Crippen LogP contribution is -2.57. The Kier molecular flexibility index (Phi) is 4.60. The lowest BCUT2D eigenvalue weighted by Gasteiger charge is -2.43. The van der Waals surface area contributed by atoms with Crippen molar-refractivity contribution in [2.24, 2.45) is 0 Å². The third-order valence-electron chi connectivity index (χ3n) is 5.03. The van der Waals surface area contributed by atoms with Gasteiger partial charge in [-0.25, -0.2) is 4.98 Å². The number of hydrogen-bond donors (Lipinski definition) is 1. The predicted molar refractivity (Wildman–Crippen MR) is 95.7 cm³/mol. The van der Waals surface area contributed by atoms with Gasteiger partial charge in [-0.15, -0.1) is 0 Å². The fourth-order valence-electron chi connectivity index (χ4n) is 3.56. The van der Waals surface area contributed by atoms with Gasteiger partial charge in [0.2, 0.25) is 0 Å². The Morgan fingerprint density at radius 3 is 3.00 bits per heavy atom. The second-order valence-electron chi connectivity index (χ2n) is 6.44. The van der Waals surface area contributed by atoms with E-state index in [2.05, 4.69) is 50.0 Å². The largest absolute Gasteiger partial charge is 0.379 e. The molecule has 7 nitrogen and oxygen atoms in total. The predicted octanol–water partition coefficient (Wildman–Crippen LogP) is 1.31. The van der Waals surface area contributed by atoms with Crippen molar-refractivity contribution in [3.8, 4) is 0 Å². The standard InChI is InChI=1S/C16H24N6OS/c1-2-13-9-14(22-15(20-13)18-12-19-22)17-10-16(3-8-24-11-16)21-4-6-23-7-5-21/h9,12,17H,2-8,10-11H2,1H3/t16-/m0/s1. The van der Waals surface area contributed by atoms with Crippen LogP contribution in [-0.2, 0) is 11.2 Å². The van der Waals surface area contributed by atoms with Crippen molar-refractivity contribution in [1.82, 2.24) is 24.5 Å². The molecule has 2 saturated heterocycles. The van der Waals surface area contributed by atoms with Crippen LogP contribution < -0.4 is 5.32 Å². The van der Waals surface area contributed by atoms with E-state index in [1.807, 2.05) is 0 Å². The molecule has 2 aliphatic rings. The van der Waals surface area contributed by atoms with Crippen molar-refractivity contribution in [3.63, 3.8) is 0 Å². The Morgan fingerprint density at radius 1 is 1.38 bits per heavy atom. The molecule has 0 bridgehead atoms. The van der Waals surface area contributed by atoms with Crippen LogP contribution in [0.25, 0.3) is 5.78 Å². The summed E-state index contributed by atoms with van der Waals surface area (Å²) in [6.45, 7) is 6.77. The van der Waals surface area contributed by atoms with E-state index in [0.717, 1.165) is 50.8 Å². The number of aromatic nitrogens is 4. The van der Waals surface area contributed by atoms with Gasteiger partial charge in [-0.05, 0) is 18.6 Å². The second-order valence-corrected chi connectivity index (χ2v) is 7.54. The number of hydrogen-bond acceptors (Lipinski definition) is 7. The van der Waals surface area contributed by atoms with Gasteiger partial charge in [0.05, 0.1) is 13.2 Å². The fourth-order valence-corrected chi connectivity index (χ4v) is 5.04. The van der Waals surface area contributed by atoms with Gasteiger partial charge in [-0.1, -0.05) is 6.92 Å². The smallest absolute Gasteiger partial charge is 0.254 e. The highest BCUT2D eigenvalue weighted by Crippen LogP contribution is 2.34. The first-order chi connectivity index (χ1) is 11.8. The molecule has 8 heteroatoms. The Bertz CT molecular complexity index is 693. The van der Waals surface area contributed by atoms with Crippen LogP contribution in [0.1, 0.15) is 19.0 Å². The van der Waals surface area contributed by atoms with Crippen molar-refractivity contribution >= 4 is 23.4 Å². The van der Waals surface area contributed by atoms with E-state index >= 15 is 0 Å². The number of rotatable bonds is 5. The summed E-state index contributed by atoms with van der Waals surface area (Å²) < 4.78 is 7.34. The highest BCUT2D eigenvalue weighted by Gasteiger charge is 2.40. The topological polar surface area (TPSA) is 67.6 Å². The normalized spacial score (nSPS) is 25.4. The second kappa shape index (κ2) is 6.85. The first-order valence-corrected chi connectivity index (χ1v) is 9.80. The summed E-state index contributed by atoms with van der Waals surface area (Å²) in [5, 5.41) is 7.97. The molecule has 24 heavy (non-hydrogen) atoms. The van der Waals surface area contributed by atoms with Crippen molar-refractivity contribution in [3.05, 3.63) is 18.1 Å². The molecule has 130 valence electrons. The van der Waals surface area contributed by atoms with Crippen LogP contribution in [0.3, 0.4) is 0 Å². The van der Waals surface area contributed by atoms with Gasteiger partial charge in [0, 0.05) is 42.7 Å². The number of nitrogens with one attached hydrogen (secondary N) is 1. The lowest BCUT2D eigenvalue weighted by molar-refractivity contribution is -0.00923. The molecular weight excluding hydrogens is 324 g/mol. The van der Waals surface area contributed by atoms with E-state index in [1.165, 1.54) is 17.9 Å². The molecular formula is C16H24N6OS. The molecule has 4 rings (SSSR count). The number of fused-ring (bicyclic) bond motifs is 1. The van der Waals surface area contributed by atoms with Crippen molar-refractivity contribution < 1.29 is 4.74 Å². The van der Waals surface area contributed by atoms with Crippen LogP contribution in [0.2, 0.25) is 0 Å². The highest BCUT2D eigenvalue weighted by atomic mass is 32.2. The molecule has 2 aromatic heterocycles. The third kappa shape index (κ3) is 2.98. The minimum absolute atomic E-state index is 0.205. The SMILES string of the molecule is CCc1cc(NC[C@@]2(N3CCOCC3)CCSC2)n2ncnc2n1. The van der Waals surface area contributed by atoms with Gasteiger partial charge in [0.15, 0.2) is 0 Å². The van der Waals surface area contributed by atoms with E-state index in [4.69, 9.17) is 4.74 Å². The summed E-state index contributed by atoms with van der Waals surface area (Å²) in [4.78, 5) is 11.4. The van der Waals surface area contributed by atoms with Gasteiger partial charge in [-0.3, -0.25) is 4.90 Å². The Morgan fingerprint density at radius 2 is 2.25 bits per heavy atom. The molecule has 0 spiro atoms. The van der Waals surface area contributed by atoms with Crippen LogP contribution in [-0.4, -0.2) is 74.4 Å². The van der Waals surface area contributed by atoms with Crippen LogP contribution in [0, 0.1) is 0 Å². The van der Waals surface area contributed by atoms with Gasteiger partial charge in [0.25, 0.3) is 5.78 Å². The van der Waals surface area contributed by atoms with E-state index in [0.29, 0.717) is 5.78 Å². The van der Waals surface area contributed by atoms with Crippen LogP contribution in [0.5, 0.6) is 0 Å². The molecule has 2 aliphatic heterocycles. The third-order valence-corrected chi connectivity index (χ3v) is 6.26. The van der Waals surface area contributed by atoms with E-state index < -0.39 is 0 Å². The summed E-state index contributed by atoms with van der Waals surface area (Å²) in [7, 11) is 0. The van der Waals surface area contributed by atoms with E-state index in [1.54, 1.807) is 10.8 Å². The van der Waals surface area contributed by atoms with Crippen molar-refractivity contribution in [2.75, 3.05) is 49.7 Å². The first kappa shape index (κ1) is 16.1. The van der Waals surface area contributed by atoms with Crippen molar-refractivity contribution in [1.29, 1.82) is 0 Å². The molecule has 0 unspecified atom stereocenters. The van der Waals surface area contributed by atoms with Gasteiger partial charge in [0.1, 0.15) is 12.1 Å². The number of aryl methyl sites for hydroxylation is 1. The average Bonchev–Trinajstić information content (AvgIpc) is 3.30. The lowest BCUT2D eigenvalue weighted by atomic mass is 9.95.